The van der Waals surface area contributed by atoms with Crippen LogP contribution >= 0.6 is 0 Å². The van der Waals surface area contributed by atoms with Crippen molar-refractivity contribution >= 4 is 16.0 Å². The summed E-state index contributed by atoms with van der Waals surface area (Å²) in [4.78, 5) is 14.9. The summed E-state index contributed by atoms with van der Waals surface area (Å²) in [6, 6.07) is 0.503. The molecular formula is C13H22N2O4S. The summed E-state index contributed by atoms with van der Waals surface area (Å²) < 4.78 is 31.9. The Morgan fingerprint density at radius 2 is 1.95 bits per heavy atom. The van der Waals surface area contributed by atoms with E-state index >= 15 is 0 Å². The summed E-state index contributed by atoms with van der Waals surface area (Å²) >= 11 is 0. The predicted octanol–water partition coefficient (Wildman–Crippen LogP) is 1.66. The fourth-order valence-corrected chi connectivity index (χ4v) is 2.84. The fourth-order valence-electron chi connectivity index (χ4n) is 1.53. The van der Waals surface area contributed by atoms with Gasteiger partial charge in [-0.25, -0.2) is 8.42 Å². The maximum Gasteiger partial charge on any atom is 0.324 e. The maximum absolute atomic E-state index is 12.1. The van der Waals surface area contributed by atoms with Gasteiger partial charge in [-0.15, -0.1) is 0 Å². The molecular weight excluding hydrogens is 280 g/mol. The highest BCUT2D eigenvalue weighted by Crippen LogP contribution is 2.15. The normalized spacial score (nSPS) is 14.3. The Morgan fingerprint density at radius 3 is 2.35 bits per heavy atom. The number of hydrogen-bond donors (Lipinski definition) is 2. The second kappa shape index (κ2) is 5.97. The molecule has 20 heavy (non-hydrogen) atoms. The number of aromatic nitrogens is 1. The molecule has 1 rings (SSSR count). The lowest BCUT2D eigenvalue weighted by Gasteiger charge is -2.26. The number of ether oxygens (including phenoxy) is 1. The first-order chi connectivity index (χ1) is 9.03. The van der Waals surface area contributed by atoms with Gasteiger partial charge in [0, 0.05) is 12.4 Å². The van der Waals surface area contributed by atoms with E-state index in [-0.39, 0.29) is 10.8 Å². The summed E-state index contributed by atoms with van der Waals surface area (Å²) in [5.41, 5.74) is -0.663. The number of sulfonamides is 1. The molecule has 114 valence electrons. The van der Waals surface area contributed by atoms with Crippen molar-refractivity contribution in [1.82, 2.24) is 9.71 Å². The van der Waals surface area contributed by atoms with Gasteiger partial charge in [0.05, 0.1) is 4.90 Å². The van der Waals surface area contributed by atoms with Crippen molar-refractivity contribution in [3.8, 4) is 0 Å². The minimum absolute atomic E-state index is 0.0895. The van der Waals surface area contributed by atoms with Crippen LogP contribution in [0.25, 0.3) is 0 Å². The Balaban J connectivity index is 2.91. The van der Waals surface area contributed by atoms with E-state index in [0.717, 1.165) is 0 Å². The SMILES string of the molecule is CC(C)[C@@H](NS(=O)(=O)c1cc[nH]c1)C(=O)OC(C)(C)C. The Morgan fingerprint density at radius 1 is 1.35 bits per heavy atom. The molecule has 0 bridgehead atoms. The number of carbonyl (C=O) groups is 1. The van der Waals surface area contributed by atoms with Crippen molar-refractivity contribution in [3.05, 3.63) is 18.5 Å². The molecule has 0 aliphatic heterocycles. The molecule has 0 saturated heterocycles. The molecule has 0 amide bonds. The summed E-state index contributed by atoms with van der Waals surface area (Å²) in [5.74, 6) is -0.801. The van der Waals surface area contributed by atoms with E-state index in [2.05, 4.69) is 9.71 Å². The molecule has 0 spiro atoms. The summed E-state index contributed by atoms with van der Waals surface area (Å²) in [6.07, 6.45) is 2.86. The Kier molecular flexibility index (Phi) is 4.99. The van der Waals surface area contributed by atoms with Gasteiger partial charge in [0.25, 0.3) is 0 Å². The molecule has 1 aromatic rings. The van der Waals surface area contributed by atoms with Crippen LogP contribution in [0.4, 0.5) is 0 Å². The Labute approximate surface area is 120 Å². The van der Waals surface area contributed by atoms with Gasteiger partial charge in [0.15, 0.2) is 0 Å². The second-order valence-corrected chi connectivity index (χ2v) is 7.64. The first-order valence-electron chi connectivity index (χ1n) is 6.41. The third-order valence-corrected chi connectivity index (χ3v) is 3.93. The van der Waals surface area contributed by atoms with E-state index in [1.165, 1.54) is 18.5 Å². The van der Waals surface area contributed by atoms with Crippen LogP contribution in [0.15, 0.2) is 23.4 Å². The molecule has 0 fully saturated rings. The highest BCUT2D eigenvalue weighted by atomic mass is 32.2. The summed E-state index contributed by atoms with van der Waals surface area (Å²) in [7, 11) is -3.74. The van der Waals surface area contributed by atoms with Gasteiger partial charge < -0.3 is 9.72 Å². The van der Waals surface area contributed by atoms with Crippen LogP contribution in [-0.2, 0) is 19.6 Å². The van der Waals surface area contributed by atoms with Gasteiger partial charge >= 0.3 is 5.97 Å². The van der Waals surface area contributed by atoms with Crippen LogP contribution < -0.4 is 4.72 Å². The van der Waals surface area contributed by atoms with Crippen molar-refractivity contribution in [3.63, 3.8) is 0 Å². The number of hydrogen-bond acceptors (Lipinski definition) is 4. The van der Waals surface area contributed by atoms with Gasteiger partial charge in [0.2, 0.25) is 10.0 Å². The highest BCUT2D eigenvalue weighted by molar-refractivity contribution is 7.89. The van der Waals surface area contributed by atoms with E-state index in [4.69, 9.17) is 4.74 Å². The smallest absolute Gasteiger partial charge is 0.324 e. The quantitative estimate of drug-likeness (QED) is 0.810. The molecule has 1 heterocycles. The van der Waals surface area contributed by atoms with Gasteiger partial charge in [-0.3, -0.25) is 4.79 Å². The van der Waals surface area contributed by atoms with Crippen LogP contribution in [0.2, 0.25) is 0 Å². The lowest BCUT2D eigenvalue weighted by Crippen LogP contribution is -2.47. The summed E-state index contributed by atoms with van der Waals surface area (Å²) in [6.45, 7) is 8.73. The number of aromatic amines is 1. The van der Waals surface area contributed by atoms with Crippen LogP contribution in [0.1, 0.15) is 34.6 Å². The first kappa shape index (κ1) is 16.7. The van der Waals surface area contributed by atoms with Crippen LogP contribution in [-0.4, -0.2) is 31.0 Å². The monoisotopic (exact) mass is 302 g/mol. The number of H-pyrrole nitrogens is 1. The average molecular weight is 302 g/mol. The lowest BCUT2D eigenvalue weighted by molar-refractivity contribution is -0.158. The molecule has 1 atom stereocenters. The van der Waals surface area contributed by atoms with E-state index in [1.54, 1.807) is 34.6 Å². The maximum atomic E-state index is 12.1. The topological polar surface area (TPSA) is 88.3 Å². The molecule has 0 aliphatic rings. The number of nitrogens with one attached hydrogen (secondary N) is 2. The number of rotatable bonds is 5. The third kappa shape index (κ3) is 4.64. The van der Waals surface area contributed by atoms with Crippen molar-refractivity contribution in [1.29, 1.82) is 0 Å². The molecule has 0 aliphatic carbocycles. The van der Waals surface area contributed by atoms with E-state index in [0.29, 0.717) is 0 Å². The predicted molar refractivity (Wildman–Crippen MR) is 75.6 cm³/mol. The largest absolute Gasteiger partial charge is 0.459 e. The van der Waals surface area contributed by atoms with Gasteiger partial charge in [-0.05, 0) is 32.8 Å². The molecule has 7 heteroatoms. The standard InChI is InChI=1S/C13H22N2O4S/c1-9(2)11(12(16)19-13(3,4)5)15-20(17,18)10-6-7-14-8-10/h6-9,11,14-15H,1-5H3/t11-/m1/s1. The minimum Gasteiger partial charge on any atom is -0.459 e. The van der Waals surface area contributed by atoms with E-state index < -0.39 is 27.6 Å². The Hall–Kier alpha value is -1.34. The zero-order valence-electron chi connectivity index (χ0n) is 12.4. The molecule has 2 N–H and O–H groups in total. The van der Waals surface area contributed by atoms with E-state index in [1.807, 2.05) is 0 Å². The zero-order chi connectivity index (χ0) is 15.6. The fraction of sp³-hybridized carbons (Fsp3) is 0.615. The van der Waals surface area contributed by atoms with Crippen LogP contribution in [0, 0.1) is 5.92 Å². The molecule has 0 aromatic carbocycles. The van der Waals surface area contributed by atoms with Crippen molar-refractivity contribution in [2.75, 3.05) is 0 Å². The van der Waals surface area contributed by atoms with Crippen molar-refractivity contribution < 1.29 is 17.9 Å². The Bertz CT molecular complexity index is 541. The van der Waals surface area contributed by atoms with E-state index in [9.17, 15) is 13.2 Å². The molecule has 0 unspecified atom stereocenters. The van der Waals surface area contributed by atoms with Crippen molar-refractivity contribution in [2.24, 2.45) is 5.92 Å². The second-order valence-electron chi connectivity index (χ2n) is 5.92. The summed E-state index contributed by atoms with van der Waals surface area (Å²) in [5, 5.41) is 0. The highest BCUT2D eigenvalue weighted by Gasteiger charge is 2.32. The molecule has 1 aromatic heterocycles. The number of carbonyl (C=O) groups excluding carboxylic acids is 1. The molecule has 6 nitrogen and oxygen atoms in total. The molecule has 0 radical (unpaired) electrons. The minimum atomic E-state index is -3.74. The van der Waals surface area contributed by atoms with Gasteiger partial charge in [-0.1, -0.05) is 13.8 Å². The van der Waals surface area contributed by atoms with Gasteiger partial charge in [0.1, 0.15) is 11.6 Å². The van der Waals surface area contributed by atoms with Gasteiger partial charge in [-0.2, -0.15) is 4.72 Å². The average Bonchev–Trinajstić information content (AvgIpc) is 2.76. The number of esters is 1. The molecule has 0 saturated carbocycles. The van der Waals surface area contributed by atoms with Crippen LogP contribution in [0.5, 0.6) is 0 Å². The first-order valence-corrected chi connectivity index (χ1v) is 7.89. The lowest BCUT2D eigenvalue weighted by atomic mass is 10.1. The van der Waals surface area contributed by atoms with Crippen molar-refractivity contribution in [2.45, 2.75) is 51.2 Å². The zero-order valence-corrected chi connectivity index (χ0v) is 13.2. The van der Waals surface area contributed by atoms with Crippen LogP contribution in [0.3, 0.4) is 0 Å². The third-order valence-electron chi connectivity index (χ3n) is 2.49.